The van der Waals surface area contributed by atoms with Gasteiger partial charge in [0.2, 0.25) is 0 Å². The molecule has 3 nitrogen and oxygen atoms in total. The SMILES string of the molecule is CC1C=CCN(C(=O)c2cc(Cl)nc(Cl)c2)C1. The summed E-state index contributed by atoms with van der Waals surface area (Å²) >= 11 is 11.6. The third kappa shape index (κ3) is 2.99. The summed E-state index contributed by atoms with van der Waals surface area (Å²) in [6.45, 7) is 3.41. The Hall–Kier alpha value is -1.06. The van der Waals surface area contributed by atoms with Crippen molar-refractivity contribution in [3.05, 3.63) is 40.2 Å². The maximum Gasteiger partial charge on any atom is 0.254 e. The second kappa shape index (κ2) is 5.07. The van der Waals surface area contributed by atoms with Crippen LogP contribution in [0.25, 0.3) is 0 Å². The number of aromatic nitrogens is 1. The molecule has 0 aliphatic carbocycles. The first-order valence-electron chi connectivity index (χ1n) is 5.35. The molecule has 0 fully saturated rings. The van der Waals surface area contributed by atoms with Gasteiger partial charge in [-0.25, -0.2) is 4.98 Å². The van der Waals surface area contributed by atoms with Crippen LogP contribution < -0.4 is 0 Å². The van der Waals surface area contributed by atoms with E-state index in [0.717, 1.165) is 0 Å². The standard InChI is InChI=1S/C12H12Cl2N2O/c1-8-3-2-4-16(7-8)12(17)9-5-10(13)15-11(14)6-9/h2-3,5-6,8H,4,7H2,1H3. The van der Waals surface area contributed by atoms with Crippen LogP contribution in [0.1, 0.15) is 17.3 Å². The summed E-state index contributed by atoms with van der Waals surface area (Å²) in [6, 6.07) is 3.08. The second-order valence-corrected chi connectivity index (χ2v) is 4.89. The van der Waals surface area contributed by atoms with Gasteiger partial charge >= 0.3 is 0 Å². The Labute approximate surface area is 110 Å². The maximum absolute atomic E-state index is 12.2. The van der Waals surface area contributed by atoms with Crippen LogP contribution in [0, 0.1) is 5.92 Å². The Morgan fingerprint density at radius 3 is 2.65 bits per heavy atom. The van der Waals surface area contributed by atoms with Crippen molar-refractivity contribution in [1.82, 2.24) is 9.88 Å². The summed E-state index contributed by atoms with van der Waals surface area (Å²) in [4.78, 5) is 17.8. The molecule has 1 aliphatic rings. The lowest BCUT2D eigenvalue weighted by Gasteiger charge is -2.27. The Balaban J connectivity index is 2.22. The quantitative estimate of drug-likeness (QED) is 0.581. The van der Waals surface area contributed by atoms with E-state index in [-0.39, 0.29) is 16.2 Å². The minimum atomic E-state index is -0.0626. The normalized spacial score (nSPS) is 19.5. The molecule has 5 heteroatoms. The number of amides is 1. The molecule has 90 valence electrons. The van der Waals surface area contributed by atoms with Gasteiger partial charge in [-0.3, -0.25) is 4.79 Å². The largest absolute Gasteiger partial charge is 0.334 e. The van der Waals surface area contributed by atoms with Gasteiger partial charge in [-0.1, -0.05) is 42.3 Å². The van der Waals surface area contributed by atoms with Crippen LogP contribution in [0.2, 0.25) is 10.3 Å². The number of carbonyl (C=O) groups excluding carboxylic acids is 1. The van der Waals surface area contributed by atoms with Gasteiger partial charge in [-0.15, -0.1) is 0 Å². The molecule has 1 aliphatic heterocycles. The van der Waals surface area contributed by atoms with Crippen molar-refractivity contribution < 1.29 is 4.79 Å². The van der Waals surface area contributed by atoms with Gasteiger partial charge in [0.25, 0.3) is 5.91 Å². The van der Waals surface area contributed by atoms with E-state index in [9.17, 15) is 4.79 Å². The third-order valence-electron chi connectivity index (χ3n) is 2.60. The smallest absolute Gasteiger partial charge is 0.254 e. The van der Waals surface area contributed by atoms with E-state index in [1.165, 1.54) is 0 Å². The number of hydrogen-bond donors (Lipinski definition) is 0. The molecule has 1 unspecified atom stereocenters. The van der Waals surface area contributed by atoms with Crippen molar-refractivity contribution in [1.29, 1.82) is 0 Å². The number of carbonyl (C=O) groups is 1. The molecule has 17 heavy (non-hydrogen) atoms. The number of nitrogens with zero attached hydrogens (tertiary/aromatic N) is 2. The average Bonchev–Trinajstić information content (AvgIpc) is 2.26. The Morgan fingerprint density at radius 2 is 2.06 bits per heavy atom. The Bertz CT molecular complexity index is 453. The fourth-order valence-electron chi connectivity index (χ4n) is 1.84. The van der Waals surface area contributed by atoms with Crippen LogP contribution in [0.15, 0.2) is 24.3 Å². The molecular weight excluding hydrogens is 259 g/mol. The molecule has 1 aromatic rings. The van der Waals surface area contributed by atoms with Gasteiger partial charge < -0.3 is 4.90 Å². The summed E-state index contributed by atoms with van der Waals surface area (Å²) in [7, 11) is 0. The topological polar surface area (TPSA) is 33.2 Å². The molecule has 2 rings (SSSR count). The highest BCUT2D eigenvalue weighted by atomic mass is 35.5. The molecule has 0 N–H and O–H groups in total. The van der Waals surface area contributed by atoms with E-state index in [4.69, 9.17) is 23.2 Å². The summed E-state index contributed by atoms with van der Waals surface area (Å²) in [5.74, 6) is 0.313. The van der Waals surface area contributed by atoms with Crippen LogP contribution in [0.3, 0.4) is 0 Å². The highest BCUT2D eigenvalue weighted by Gasteiger charge is 2.19. The van der Waals surface area contributed by atoms with Crippen LogP contribution in [-0.4, -0.2) is 28.9 Å². The number of rotatable bonds is 1. The van der Waals surface area contributed by atoms with Crippen molar-refractivity contribution in [2.24, 2.45) is 5.92 Å². The molecule has 0 aromatic carbocycles. The number of halogens is 2. The zero-order valence-electron chi connectivity index (χ0n) is 9.36. The van der Waals surface area contributed by atoms with Crippen LogP contribution in [-0.2, 0) is 0 Å². The lowest BCUT2D eigenvalue weighted by atomic mass is 10.1. The van der Waals surface area contributed by atoms with Gasteiger partial charge in [0, 0.05) is 18.7 Å². The minimum Gasteiger partial charge on any atom is -0.334 e. The number of pyridine rings is 1. The molecule has 2 heterocycles. The Kier molecular flexibility index (Phi) is 3.69. The van der Waals surface area contributed by atoms with Gasteiger partial charge in [0.05, 0.1) is 0 Å². The molecule has 1 amide bonds. The molecular formula is C12H12Cl2N2O. The van der Waals surface area contributed by atoms with E-state index in [0.29, 0.717) is 24.6 Å². The second-order valence-electron chi connectivity index (χ2n) is 4.12. The fourth-order valence-corrected chi connectivity index (χ4v) is 2.30. The van der Waals surface area contributed by atoms with E-state index in [1.807, 2.05) is 6.08 Å². The molecule has 0 bridgehead atoms. The van der Waals surface area contributed by atoms with E-state index in [1.54, 1.807) is 17.0 Å². The van der Waals surface area contributed by atoms with Crippen molar-refractivity contribution in [2.75, 3.05) is 13.1 Å². The zero-order chi connectivity index (χ0) is 12.4. The van der Waals surface area contributed by atoms with Crippen molar-refractivity contribution >= 4 is 29.1 Å². The third-order valence-corrected chi connectivity index (χ3v) is 2.98. The molecule has 0 radical (unpaired) electrons. The van der Waals surface area contributed by atoms with Gasteiger partial charge in [-0.05, 0) is 18.1 Å². The van der Waals surface area contributed by atoms with E-state index < -0.39 is 0 Å². The molecule has 0 spiro atoms. The van der Waals surface area contributed by atoms with Gasteiger partial charge in [0.15, 0.2) is 0 Å². The van der Waals surface area contributed by atoms with Crippen molar-refractivity contribution in [3.8, 4) is 0 Å². The predicted molar refractivity (Wildman–Crippen MR) is 68.5 cm³/mol. The van der Waals surface area contributed by atoms with Crippen molar-refractivity contribution in [2.45, 2.75) is 6.92 Å². The molecule has 0 saturated heterocycles. The van der Waals surface area contributed by atoms with Crippen LogP contribution in [0.5, 0.6) is 0 Å². The van der Waals surface area contributed by atoms with Crippen molar-refractivity contribution in [3.63, 3.8) is 0 Å². The van der Waals surface area contributed by atoms with E-state index in [2.05, 4.69) is 18.0 Å². The van der Waals surface area contributed by atoms with Crippen LogP contribution >= 0.6 is 23.2 Å². The molecule has 1 atom stereocenters. The Morgan fingerprint density at radius 1 is 1.41 bits per heavy atom. The zero-order valence-corrected chi connectivity index (χ0v) is 10.9. The first-order chi connectivity index (χ1) is 8.06. The first kappa shape index (κ1) is 12.4. The van der Waals surface area contributed by atoms with E-state index >= 15 is 0 Å². The number of hydrogen-bond acceptors (Lipinski definition) is 2. The average molecular weight is 271 g/mol. The van der Waals surface area contributed by atoms with Crippen LogP contribution in [0.4, 0.5) is 0 Å². The lowest BCUT2D eigenvalue weighted by Crippen LogP contribution is -2.36. The van der Waals surface area contributed by atoms with Gasteiger partial charge in [-0.2, -0.15) is 0 Å². The maximum atomic E-state index is 12.2. The van der Waals surface area contributed by atoms with Gasteiger partial charge in [0.1, 0.15) is 10.3 Å². The fraction of sp³-hybridized carbons (Fsp3) is 0.333. The highest BCUT2D eigenvalue weighted by molar-refractivity contribution is 6.33. The summed E-state index contributed by atoms with van der Waals surface area (Å²) in [5.41, 5.74) is 0.484. The monoisotopic (exact) mass is 270 g/mol. The molecule has 1 aromatic heterocycles. The lowest BCUT2D eigenvalue weighted by molar-refractivity contribution is 0.0753. The summed E-state index contributed by atoms with van der Waals surface area (Å²) in [6.07, 6.45) is 4.10. The summed E-state index contributed by atoms with van der Waals surface area (Å²) in [5, 5.41) is 0.475. The predicted octanol–water partition coefficient (Wildman–Crippen LogP) is 3.04. The first-order valence-corrected chi connectivity index (χ1v) is 6.11. The highest BCUT2D eigenvalue weighted by Crippen LogP contribution is 2.18. The molecule has 0 saturated carbocycles. The minimum absolute atomic E-state index is 0.0626. The summed E-state index contributed by atoms with van der Waals surface area (Å²) < 4.78 is 0.